The van der Waals surface area contributed by atoms with E-state index in [2.05, 4.69) is 37.1 Å². The van der Waals surface area contributed by atoms with Gasteiger partial charge in [-0.3, -0.25) is 9.69 Å². The van der Waals surface area contributed by atoms with Gasteiger partial charge in [-0.1, -0.05) is 6.92 Å². The van der Waals surface area contributed by atoms with Crippen LogP contribution in [0, 0.1) is 17.2 Å². The molecule has 0 aromatic rings. The lowest BCUT2D eigenvalue weighted by molar-refractivity contribution is -0.125. The Kier molecular flexibility index (Phi) is 4.10. The minimum Gasteiger partial charge on any atom is -0.354 e. The molecule has 0 bridgehead atoms. The molecule has 0 aliphatic carbocycles. The maximum Gasteiger partial charge on any atom is 0.238 e. The first kappa shape index (κ1) is 12.0. The number of hydrogen-bond acceptors (Lipinski definition) is 3. The van der Waals surface area contributed by atoms with Crippen molar-refractivity contribution < 1.29 is 4.79 Å². The highest BCUT2D eigenvalue weighted by molar-refractivity contribution is 5.82. The van der Waals surface area contributed by atoms with Gasteiger partial charge in [0.25, 0.3) is 0 Å². The lowest BCUT2D eigenvalue weighted by Gasteiger charge is -2.31. The van der Waals surface area contributed by atoms with Crippen LogP contribution in [0.2, 0.25) is 0 Å². The van der Waals surface area contributed by atoms with Crippen LogP contribution in [-0.2, 0) is 4.79 Å². The largest absolute Gasteiger partial charge is 0.354 e. The number of carbonyl (C=O) groups is 1. The molecule has 0 aromatic carbocycles. The van der Waals surface area contributed by atoms with Crippen LogP contribution >= 0.6 is 0 Å². The van der Waals surface area contributed by atoms with Crippen molar-refractivity contribution in [1.29, 1.82) is 5.26 Å². The van der Waals surface area contributed by atoms with Crippen molar-refractivity contribution >= 4 is 5.91 Å². The first-order chi connectivity index (χ1) is 7.06. The van der Waals surface area contributed by atoms with E-state index in [0.29, 0.717) is 18.5 Å². The number of nitrogens with zero attached hydrogens (tertiary/aromatic N) is 2. The third-order valence-electron chi connectivity index (χ3n) is 2.80. The summed E-state index contributed by atoms with van der Waals surface area (Å²) in [7, 11) is 0. The first-order valence-electron chi connectivity index (χ1n) is 5.46. The van der Waals surface area contributed by atoms with Crippen molar-refractivity contribution in [2.45, 2.75) is 39.3 Å². The molecule has 1 aliphatic rings. The molecule has 4 nitrogen and oxygen atoms in total. The fourth-order valence-corrected chi connectivity index (χ4v) is 1.96. The van der Waals surface area contributed by atoms with E-state index < -0.39 is 0 Å². The van der Waals surface area contributed by atoms with Gasteiger partial charge in [-0.15, -0.1) is 0 Å². The molecule has 0 radical (unpaired) electrons. The van der Waals surface area contributed by atoms with E-state index in [-0.39, 0.29) is 18.4 Å². The van der Waals surface area contributed by atoms with E-state index >= 15 is 0 Å². The van der Waals surface area contributed by atoms with E-state index in [1.807, 2.05) is 0 Å². The average Bonchev–Trinajstić information content (AvgIpc) is 2.31. The van der Waals surface area contributed by atoms with Gasteiger partial charge < -0.3 is 5.32 Å². The summed E-state index contributed by atoms with van der Waals surface area (Å²) in [4.78, 5) is 13.9. The smallest absolute Gasteiger partial charge is 0.238 e. The Labute approximate surface area is 91.2 Å². The lowest BCUT2D eigenvalue weighted by atomic mass is 10.1. The molecule has 0 saturated carbocycles. The van der Waals surface area contributed by atoms with Crippen molar-refractivity contribution in [2.75, 3.05) is 13.1 Å². The van der Waals surface area contributed by atoms with E-state index in [1.165, 1.54) is 0 Å². The first-order valence-corrected chi connectivity index (χ1v) is 5.46. The Hall–Kier alpha value is -1.08. The fraction of sp³-hybridized carbons (Fsp3) is 0.818. The molecule has 1 fully saturated rings. The van der Waals surface area contributed by atoms with E-state index in [4.69, 9.17) is 5.26 Å². The highest BCUT2D eigenvalue weighted by Crippen LogP contribution is 2.15. The van der Waals surface area contributed by atoms with Crippen LogP contribution in [-0.4, -0.2) is 36.0 Å². The standard InChI is InChI=1S/C11H19N3O/c1-8(2)14-7-9(3)6-13-11(15)10(14)4-5-12/h8-10H,4,6-7H2,1-3H3,(H,13,15). The van der Waals surface area contributed by atoms with Crippen molar-refractivity contribution in [3.63, 3.8) is 0 Å². The van der Waals surface area contributed by atoms with Crippen LogP contribution in [0.5, 0.6) is 0 Å². The number of nitriles is 1. The van der Waals surface area contributed by atoms with Gasteiger partial charge in [0, 0.05) is 19.1 Å². The number of carbonyl (C=O) groups excluding carboxylic acids is 1. The van der Waals surface area contributed by atoms with E-state index in [9.17, 15) is 4.79 Å². The quantitative estimate of drug-likeness (QED) is 0.730. The normalized spacial score (nSPS) is 28.3. The Morgan fingerprint density at radius 1 is 1.67 bits per heavy atom. The lowest BCUT2D eigenvalue weighted by Crippen LogP contribution is -2.47. The molecule has 1 rings (SSSR count). The summed E-state index contributed by atoms with van der Waals surface area (Å²) in [5.41, 5.74) is 0. The third kappa shape index (κ3) is 2.93. The SMILES string of the molecule is CC1CNC(=O)C(CC#N)N(C(C)C)C1. The summed E-state index contributed by atoms with van der Waals surface area (Å²) in [6.07, 6.45) is 0.275. The van der Waals surface area contributed by atoms with Crippen molar-refractivity contribution in [3.8, 4) is 6.07 Å². The Morgan fingerprint density at radius 3 is 2.87 bits per heavy atom. The fourth-order valence-electron chi connectivity index (χ4n) is 1.96. The third-order valence-corrected chi connectivity index (χ3v) is 2.80. The number of amides is 1. The molecule has 15 heavy (non-hydrogen) atoms. The molecule has 1 amide bonds. The predicted octanol–water partition coefficient (Wildman–Crippen LogP) is 0.745. The summed E-state index contributed by atoms with van der Waals surface area (Å²) in [6.45, 7) is 7.84. The van der Waals surface area contributed by atoms with Gasteiger partial charge in [0.15, 0.2) is 0 Å². The van der Waals surface area contributed by atoms with Gasteiger partial charge >= 0.3 is 0 Å². The second-order valence-electron chi connectivity index (χ2n) is 4.52. The minimum atomic E-state index is -0.278. The summed E-state index contributed by atoms with van der Waals surface area (Å²) < 4.78 is 0. The van der Waals surface area contributed by atoms with Gasteiger partial charge in [0.1, 0.15) is 6.04 Å². The summed E-state index contributed by atoms with van der Waals surface area (Å²) in [5, 5.41) is 11.6. The molecule has 4 heteroatoms. The molecule has 1 aliphatic heterocycles. The van der Waals surface area contributed by atoms with Crippen LogP contribution in [0.4, 0.5) is 0 Å². The molecular weight excluding hydrogens is 190 g/mol. The van der Waals surface area contributed by atoms with Crippen molar-refractivity contribution in [2.24, 2.45) is 5.92 Å². The molecule has 2 atom stereocenters. The highest BCUT2D eigenvalue weighted by Gasteiger charge is 2.31. The second kappa shape index (κ2) is 5.13. The summed E-state index contributed by atoms with van der Waals surface area (Å²) in [5.74, 6) is 0.439. The Morgan fingerprint density at radius 2 is 2.33 bits per heavy atom. The van der Waals surface area contributed by atoms with Gasteiger partial charge in [-0.2, -0.15) is 5.26 Å². The molecular formula is C11H19N3O. The Balaban J connectivity index is 2.84. The highest BCUT2D eigenvalue weighted by atomic mass is 16.2. The van der Waals surface area contributed by atoms with Crippen molar-refractivity contribution in [3.05, 3.63) is 0 Å². The zero-order valence-electron chi connectivity index (χ0n) is 9.66. The van der Waals surface area contributed by atoms with Crippen LogP contribution in [0.1, 0.15) is 27.2 Å². The Bertz CT molecular complexity index is 269. The zero-order chi connectivity index (χ0) is 11.4. The molecule has 1 heterocycles. The maximum absolute atomic E-state index is 11.8. The van der Waals surface area contributed by atoms with Gasteiger partial charge in [0.05, 0.1) is 12.5 Å². The average molecular weight is 209 g/mol. The number of rotatable bonds is 2. The van der Waals surface area contributed by atoms with E-state index in [0.717, 1.165) is 6.54 Å². The van der Waals surface area contributed by atoms with Gasteiger partial charge in [0.2, 0.25) is 5.91 Å². The van der Waals surface area contributed by atoms with Crippen LogP contribution < -0.4 is 5.32 Å². The van der Waals surface area contributed by atoms with E-state index in [1.54, 1.807) is 0 Å². The van der Waals surface area contributed by atoms with Crippen LogP contribution in [0.15, 0.2) is 0 Å². The summed E-state index contributed by atoms with van der Waals surface area (Å²) in [6, 6.07) is 2.12. The molecule has 84 valence electrons. The maximum atomic E-state index is 11.8. The molecule has 0 aromatic heterocycles. The minimum absolute atomic E-state index is 0.00500. The number of hydrogen-bond donors (Lipinski definition) is 1. The van der Waals surface area contributed by atoms with Gasteiger partial charge in [-0.05, 0) is 19.8 Å². The molecule has 0 spiro atoms. The zero-order valence-corrected chi connectivity index (χ0v) is 9.66. The topological polar surface area (TPSA) is 56.1 Å². The molecule has 1 saturated heterocycles. The second-order valence-corrected chi connectivity index (χ2v) is 4.52. The summed E-state index contributed by atoms with van der Waals surface area (Å²) >= 11 is 0. The number of nitrogens with one attached hydrogen (secondary N) is 1. The van der Waals surface area contributed by atoms with Gasteiger partial charge in [-0.25, -0.2) is 0 Å². The van der Waals surface area contributed by atoms with Crippen LogP contribution in [0.25, 0.3) is 0 Å². The monoisotopic (exact) mass is 209 g/mol. The van der Waals surface area contributed by atoms with Crippen molar-refractivity contribution in [1.82, 2.24) is 10.2 Å². The molecule has 1 N–H and O–H groups in total. The molecule has 2 unspecified atom stereocenters. The predicted molar refractivity (Wildman–Crippen MR) is 58.0 cm³/mol. The van der Waals surface area contributed by atoms with Crippen LogP contribution in [0.3, 0.4) is 0 Å².